The van der Waals surface area contributed by atoms with Gasteiger partial charge in [0.15, 0.2) is 0 Å². The average molecular weight is 324 g/mol. The van der Waals surface area contributed by atoms with Crippen LogP contribution in [0.2, 0.25) is 0 Å². The monoisotopic (exact) mass is 323 g/mol. The number of hydrogen-bond acceptors (Lipinski definition) is 2. The topological polar surface area (TPSA) is 32.3 Å². The summed E-state index contributed by atoms with van der Waals surface area (Å²) >= 11 is 3.34. The third-order valence-electron chi connectivity index (χ3n) is 3.12. The molecular weight excluding hydrogens is 309 g/mol. The van der Waals surface area contributed by atoms with Crippen molar-refractivity contribution in [2.75, 3.05) is 5.32 Å². The zero-order valence-electron chi connectivity index (χ0n) is 10.8. The Balaban J connectivity index is 2.17. The van der Waals surface area contributed by atoms with Gasteiger partial charge in [0.1, 0.15) is 11.6 Å². The molecule has 2 rings (SSSR count). The Morgan fingerprint density at radius 3 is 2.63 bits per heavy atom. The van der Waals surface area contributed by atoms with Gasteiger partial charge in [-0.25, -0.2) is 4.39 Å². The van der Waals surface area contributed by atoms with Gasteiger partial charge in [-0.1, -0.05) is 28.1 Å². The van der Waals surface area contributed by atoms with Gasteiger partial charge in [-0.2, -0.15) is 0 Å². The zero-order valence-corrected chi connectivity index (χ0v) is 12.4. The molecule has 0 saturated carbocycles. The van der Waals surface area contributed by atoms with Crippen LogP contribution in [0.1, 0.15) is 16.7 Å². The first-order chi connectivity index (χ1) is 8.99. The molecule has 0 saturated heterocycles. The van der Waals surface area contributed by atoms with Crippen LogP contribution in [0.25, 0.3) is 0 Å². The first-order valence-corrected chi connectivity index (χ1v) is 6.75. The Labute approximate surface area is 120 Å². The largest absolute Gasteiger partial charge is 0.507 e. The lowest BCUT2D eigenvalue weighted by Gasteiger charge is -2.13. The molecule has 4 heteroatoms. The minimum atomic E-state index is -0.264. The van der Waals surface area contributed by atoms with Gasteiger partial charge in [0.2, 0.25) is 0 Å². The maximum atomic E-state index is 13.0. The van der Waals surface area contributed by atoms with Crippen molar-refractivity contribution in [3.63, 3.8) is 0 Å². The van der Waals surface area contributed by atoms with Crippen molar-refractivity contribution in [1.29, 1.82) is 0 Å². The number of phenols is 1. The molecule has 2 aromatic carbocycles. The maximum Gasteiger partial charge on any atom is 0.124 e. The Morgan fingerprint density at radius 1 is 1.21 bits per heavy atom. The number of hydrogen-bond donors (Lipinski definition) is 2. The van der Waals surface area contributed by atoms with Gasteiger partial charge in [-0.05, 0) is 43.2 Å². The highest BCUT2D eigenvalue weighted by Crippen LogP contribution is 2.29. The van der Waals surface area contributed by atoms with E-state index in [1.54, 1.807) is 6.07 Å². The van der Waals surface area contributed by atoms with E-state index in [1.807, 2.05) is 26.0 Å². The van der Waals surface area contributed by atoms with Crippen molar-refractivity contribution in [1.82, 2.24) is 0 Å². The molecule has 0 unspecified atom stereocenters. The molecule has 0 fully saturated rings. The van der Waals surface area contributed by atoms with E-state index in [4.69, 9.17) is 0 Å². The van der Waals surface area contributed by atoms with Gasteiger partial charge < -0.3 is 10.4 Å². The van der Waals surface area contributed by atoms with Gasteiger partial charge >= 0.3 is 0 Å². The molecular formula is C15H15BrFNO. The van der Waals surface area contributed by atoms with Crippen molar-refractivity contribution in [3.8, 4) is 5.75 Å². The molecule has 0 spiro atoms. The maximum absolute atomic E-state index is 13.0. The van der Waals surface area contributed by atoms with Crippen LogP contribution in [0.4, 0.5) is 10.1 Å². The molecule has 2 N–H and O–H groups in total. The molecule has 0 atom stereocenters. The minimum absolute atomic E-state index is 0.264. The lowest BCUT2D eigenvalue weighted by atomic mass is 10.1. The van der Waals surface area contributed by atoms with Crippen LogP contribution in [0.3, 0.4) is 0 Å². The Kier molecular flexibility index (Phi) is 4.10. The zero-order chi connectivity index (χ0) is 14.0. The second kappa shape index (κ2) is 5.61. The molecule has 19 heavy (non-hydrogen) atoms. The third kappa shape index (κ3) is 3.07. The SMILES string of the molecule is Cc1ccc(NCc2ccc(F)cc2Br)c(C)c1O. The van der Waals surface area contributed by atoms with Gasteiger partial charge in [-0.15, -0.1) is 0 Å². The first kappa shape index (κ1) is 13.9. The molecule has 0 aliphatic carbocycles. The van der Waals surface area contributed by atoms with E-state index in [1.165, 1.54) is 12.1 Å². The quantitative estimate of drug-likeness (QED) is 0.870. The molecule has 0 heterocycles. The second-order valence-electron chi connectivity index (χ2n) is 4.49. The first-order valence-electron chi connectivity index (χ1n) is 5.96. The molecule has 0 radical (unpaired) electrons. The van der Waals surface area contributed by atoms with Gasteiger partial charge in [-0.3, -0.25) is 0 Å². The van der Waals surface area contributed by atoms with Gasteiger partial charge in [0, 0.05) is 22.3 Å². The van der Waals surface area contributed by atoms with E-state index in [0.717, 1.165) is 26.9 Å². The fourth-order valence-electron chi connectivity index (χ4n) is 1.88. The number of aryl methyl sites for hydroxylation is 1. The summed E-state index contributed by atoms with van der Waals surface area (Å²) in [6.45, 7) is 4.29. The van der Waals surface area contributed by atoms with E-state index >= 15 is 0 Å². The summed E-state index contributed by atoms with van der Waals surface area (Å²) in [7, 11) is 0. The lowest BCUT2D eigenvalue weighted by Crippen LogP contribution is -2.02. The van der Waals surface area contributed by atoms with Crippen LogP contribution in [-0.2, 0) is 6.54 Å². The highest BCUT2D eigenvalue weighted by Gasteiger charge is 2.07. The molecule has 0 aliphatic rings. The van der Waals surface area contributed by atoms with Crippen molar-refractivity contribution in [2.45, 2.75) is 20.4 Å². The fraction of sp³-hybridized carbons (Fsp3) is 0.200. The molecule has 2 nitrogen and oxygen atoms in total. The summed E-state index contributed by atoms with van der Waals surface area (Å²) in [4.78, 5) is 0. The van der Waals surface area contributed by atoms with E-state index < -0.39 is 0 Å². The Morgan fingerprint density at radius 2 is 1.95 bits per heavy atom. The number of anilines is 1. The van der Waals surface area contributed by atoms with Crippen LogP contribution in [0.5, 0.6) is 5.75 Å². The van der Waals surface area contributed by atoms with E-state index in [-0.39, 0.29) is 5.82 Å². The number of phenolic OH excluding ortho intramolecular Hbond substituents is 1. The molecule has 0 aliphatic heterocycles. The molecule has 2 aromatic rings. The summed E-state index contributed by atoms with van der Waals surface area (Å²) in [5.41, 5.74) is 3.50. The minimum Gasteiger partial charge on any atom is -0.507 e. The highest BCUT2D eigenvalue weighted by molar-refractivity contribution is 9.10. The van der Waals surface area contributed by atoms with Crippen LogP contribution in [0.15, 0.2) is 34.8 Å². The standard InChI is InChI=1S/C15H15BrFNO/c1-9-3-6-14(10(2)15(9)19)18-8-11-4-5-12(17)7-13(11)16/h3-7,18-19H,8H2,1-2H3. The van der Waals surface area contributed by atoms with Crippen molar-refractivity contribution < 1.29 is 9.50 Å². The number of rotatable bonds is 3. The lowest BCUT2D eigenvalue weighted by molar-refractivity contribution is 0.467. The van der Waals surface area contributed by atoms with Crippen molar-refractivity contribution in [3.05, 3.63) is 57.3 Å². The number of aromatic hydroxyl groups is 1. The average Bonchev–Trinajstić information content (AvgIpc) is 2.37. The van der Waals surface area contributed by atoms with Crippen LogP contribution >= 0.6 is 15.9 Å². The summed E-state index contributed by atoms with van der Waals surface area (Å²) in [6, 6.07) is 8.40. The molecule has 0 amide bonds. The summed E-state index contributed by atoms with van der Waals surface area (Å²) in [6.07, 6.45) is 0. The van der Waals surface area contributed by atoms with Gasteiger partial charge in [0.25, 0.3) is 0 Å². The van der Waals surface area contributed by atoms with E-state index in [2.05, 4.69) is 21.2 Å². The Bertz CT molecular complexity index is 613. The molecule has 0 bridgehead atoms. The van der Waals surface area contributed by atoms with E-state index in [9.17, 15) is 9.50 Å². The second-order valence-corrected chi connectivity index (χ2v) is 5.35. The van der Waals surface area contributed by atoms with Crippen molar-refractivity contribution >= 4 is 21.6 Å². The van der Waals surface area contributed by atoms with Gasteiger partial charge in [0.05, 0.1) is 0 Å². The predicted octanol–water partition coefficient (Wildman–Crippen LogP) is 4.52. The smallest absolute Gasteiger partial charge is 0.124 e. The van der Waals surface area contributed by atoms with Crippen LogP contribution in [-0.4, -0.2) is 5.11 Å². The molecule has 0 aromatic heterocycles. The predicted molar refractivity (Wildman–Crippen MR) is 79.0 cm³/mol. The number of nitrogens with one attached hydrogen (secondary N) is 1. The third-order valence-corrected chi connectivity index (χ3v) is 3.86. The summed E-state index contributed by atoms with van der Waals surface area (Å²) < 4.78 is 13.7. The van der Waals surface area contributed by atoms with Crippen LogP contribution in [0, 0.1) is 19.7 Å². The highest BCUT2D eigenvalue weighted by atomic mass is 79.9. The molecule has 100 valence electrons. The Hall–Kier alpha value is -1.55. The summed E-state index contributed by atoms with van der Waals surface area (Å²) in [5, 5.41) is 13.1. The number of benzene rings is 2. The number of halogens is 2. The normalized spacial score (nSPS) is 10.5. The van der Waals surface area contributed by atoms with Crippen LogP contribution < -0.4 is 5.32 Å². The fourth-order valence-corrected chi connectivity index (χ4v) is 2.37. The van der Waals surface area contributed by atoms with E-state index in [0.29, 0.717) is 12.3 Å². The van der Waals surface area contributed by atoms with Crippen molar-refractivity contribution in [2.24, 2.45) is 0 Å². The summed E-state index contributed by atoms with van der Waals surface area (Å²) in [5.74, 6) is 0.0444.